The maximum Gasteiger partial charge on any atom is 0.166 e. The molecule has 0 bridgehead atoms. The van der Waals surface area contributed by atoms with Gasteiger partial charge in [-0.1, -0.05) is 72.8 Å². The number of fused-ring (bicyclic) bond motifs is 3. The first-order chi connectivity index (χ1) is 29.0. The molecule has 0 aliphatic heterocycles. The molecule has 0 unspecified atom stereocenters. The number of nitrogens with zero attached hydrogens (tertiary/aromatic N) is 9. The molecule has 0 fully saturated rings. The van der Waals surface area contributed by atoms with Crippen LogP contribution in [0.1, 0.15) is 27.8 Å². The van der Waals surface area contributed by atoms with Crippen molar-refractivity contribution < 1.29 is 0 Å². The van der Waals surface area contributed by atoms with Crippen molar-refractivity contribution in [2.75, 3.05) is 0 Å². The van der Waals surface area contributed by atoms with Crippen molar-refractivity contribution in [3.05, 3.63) is 179 Å². The Hall–Kier alpha value is -9.20. The summed E-state index contributed by atoms with van der Waals surface area (Å²) in [7, 11) is 0. The molecule has 2 aromatic heterocycles. The van der Waals surface area contributed by atoms with E-state index in [-0.39, 0.29) is 0 Å². The molecule has 0 N–H and O–H groups in total. The molecule has 0 spiro atoms. The van der Waals surface area contributed by atoms with Crippen LogP contribution in [0.25, 0.3) is 83.9 Å². The molecule has 9 heteroatoms. The first-order valence-electron chi connectivity index (χ1n) is 18.4. The minimum atomic E-state index is 0.370. The molecule has 59 heavy (non-hydrogen) atoms. The third kappa shape index (κ3) is 6.54. The van der Waals surface area contributed by atoms with Gasteiger partial charge in [-0.05, 0) is 101 Å². The van der Waals surface area contributed by atoms with Crippen molar-refractivity contribution in [2.45, 2.75) is 0 Å². The van der Waals surface area contributed by atoms with Crippen molar-refractivity contribution >= 4 is 21.8 Å². The van der Waals surface area contributed by atoms with Gasteiger partial charge < -0.3 is 4.57 Å². The average molecular weight is 752 g/mol. The number of hydrogen-bond acceptors (Lipinski definition) is 8. The number of benzene rings is 7. The standard InChI is InChI=1S/C50H25N9/c51-26-31-11-14-42(50-57-48(36-7-3-1-4-8-36)56-49(58-50)37-9-5-2-6-10-37)47(23-31)59-45-15-12-38(40-19-32(27-52)17-33(20-40)28-53)24-43(45)44-25-39(13-16-46(44)59)41-21-34(29-54)18-35(22-41)30-55/h1-25H. The van der Waals surface area contributed by atoms with Crippen molar-refractivity contribution in [2.24, 2.45) is 0 Å². The molecule has 0 aliphatic rings. The van der Waals surface area contributed by atoms with Crippen LogP contribution in [0.3, 0.4) is 0 Å². The van der Waals surface area contributed by atoms with E-state index in [1.165, 1.54) is 0 Å². The Bertz CT molecular complexity index is 3130. The second-order valence-electron chi connectivity index (χ2n) is 13.7. The van der Waals surface area contributed by atoms with E-state index in [1.807, 2.05) is 109 Å². The van der Waals surface area contributed by atoms with E-state index in [9.17, 15) is 26.3 Å². The fourth-order valence-electron chi connectivity index (χ4n) is 7.39. The SMILES string of the molecule is N#Cc1cc(C#N)cc(-c2ccc3c(c2)c2cc(-c4cc(C#N)cc(C#N)c4)ccc2n3-c2cc(C#N)ccc2-c2nc(-c3ccccc3)nc(-c3ccccc3)n2)c1. The summed E-state index contributed by atoms with van der Waals surface area (Å²) in [5.74, 6) is 1.40. The minimum Gasteiger partial charge on any atom is -0.308 e. The molecule has 0 radical (unpaired) electrons. The molecule has 0 atom stereocenters. The van der Waals surface area contributed by atoms with Crippen LogP contribution in [0.5, 0.6) is 0 Å². The van der Waals surface area contributed by atoms with Gasteiger partial charge in [-0.15, -0.1) is 0 Å². The Kier molecular flexibility index (Phi) is 8.90. The summed E-state index contributed by atoms with van der Waals surface area (Å²) in [6.07, 6.45) is 0. The van der Waals surface area contributed by atoms with Gasteiger partial charge in [0.2, 0.25) is 0 Å². The molecule has 9 rings (SSSR count). The number of nitriles is 5. The van der Waals surface area contributed by atoms with Crippen molar-refractivity contribution in [1.29, 1.82) is 26.3 Å². The zero-order valence-electron chi connectivity index (χ0n) is 31.0. The van der Waals surface area contributed by atoms with E-state index in [2.05, 4.69) is 34.9 Å². The van der Waals surface area contributed by atoms with Gasteiger partial charge in [0.1, 0.15) is 0 Å². The molecule has 270 valence electrons. The predicted octanol–water partition coefficient (Wildman–Crippen LogP) is 10.7. The van der Waals surface area contributed by atoms with Crippen LogP contribution in [0.4, 0.5) is 0 Å². The van der Waals surface area contributed by atoms with Gasteiger partial charge in [0.05, 0.1) is 74.9 Å². The summed E-state index contributed by atoms with van der Waals surface area (Å²) in [6.45, 7) is 0. The van der Waals surface area contributed by atoms with Crippen molar-refractivity contribution in [3.8, 4) is 92.5 Å². The van der Waals surface area contributed by atoms with Crippen molar-refractivity contribution in [1.82, 2.24) is 19.5 Å². The highest BCUT2D eigenvalue weighted by Gasteiger charge is 2.21. The maximum absolute atomic E-state index is 10.2. The van der Waals surface area contributed by atoms with E-state index in [0.29, 0.717) is 67.7 Å². The molecule has 7 aromatic carbocycles. The highest BCUT2D eigenvalue weighted by atomic mass is 15.1. The average Bonchev–Trinajstić information content (AvgIpc) is 3.64. The van der Waals surface area contributed by atoms with Gasteiger partial charge in [-0.3, -0.25) is 0 Å². The van der Waals surface area contributed by atoms with E-state index >= 15 is 0 Å². The monoisotopic (exact) mass is 751 g/mol. The summed E-state index contributed by atoms with van der Waals surface area (Å²) in [5.41, 5.74) is 9.47. The van der Waals surface area contributed by atoms with Gasteiger partial charge in [0.15, 0.2) is 17.5 Å². The van der Waals surface area contributed by atoms with Gasteiger partial charge in [0, 0.05) is 27.5 Å². The normalized spacial score (nSPS) is 10.6. The molecule has 2 heterocycles. The lowest BCUT2D eigenvalue weighted by Crippen LogP contribution is -2.04. The minimum absolute atomic E-state index is 0.370. The second-order valence-corrected chi connectivity index (χ2v) is 13.7. The fraction of sp³-hybridized carbons (Fsp3) is 0. The smallest absolute Gasteiger partial charge is 0.166 e. The third-order valence-electron chi connectivity index (χ3n) is 10.1. The van der Waals surface area contributed by atoms with Crippen LogP contribution in [-0.2, 0) is 0 Å². The van der Waals surface area contributed by atoms with Gasteiger partial charge in [-0.2, -0.15) is 26.3 Å². The van der Waals surface area contributed by atoms with Gasteiger partial charge >= 0.3 is 0 Å². The third-order valence-corrected chi connectivity index (χ3v) is 10.1. The van der Waals surface area contributed by atoms with E-state index in [0.717, 1.165) is 44.1 Å². The molecule has 9 aromatic rings. The lowest BCUT2D eigenvalue weighted by molar-refractivity contribution is 1.06. The molecule has 0 saturated carbocycles. The van der Waals surface area contributed by atoms with Crippen LogP contribution in [0.15, 0.2) is 152 Å². The summed E-state index contributed by atoms with van der Waals surface area (Å²) in [4.78, 5) is 15.0. The van der Waals surface area contributed by atoms with Crippen LogP contribution < -0.4 is 0 Å². The molecule has 9 nitrogen and oxygen atoms in total. The fourth-order valence-corrected chi connectivity index (χ4v) is 7.39. The molecular weight excluding hydrogens is 727 g/mol. The highest BCUT2D eigenvalue weighted by Crippen LogP contribution is 2.40. The number of aromatic nitrogens is 4. The molecular formula is C50H25N9. The maximum atomic E-state index is 10.2. The number of hydrogen-bond donors (Lipinski definition) is 0. The van der Waals surface area contributed by atoms with Gasteiger partial charge in [0.25, 0.3) is 0 Å². The van der Waals surface area contributed by atoms with Crippen LogP contribution in [0, 0.1) is 56.7 Å². The summed E-state index contributed by atoms with van der Waals surface area (Å²) in [6, 6.07) is 57.9. The Morgan fingerprint density at radius 3 is 1.19 bits per heavy atom. The van der Waals surface area contributed by atoms with Crippen LogP contribution in [-0.4, -0.2) is 19.5 Å². The van der Waals surface area contributed by atoms with Crippen LogP contribution in [0.2, 0.25) is 0 Å². The quantitative estimate of drug-likeness (QED) is 0.162. The van der Waals surface area contributed by atoms with E-state index < -0.39 is 0 Å². The number of rotatable bonds is 6. The molecule has 0 amide bonds. The Balaban J connectivity index is 1.35. The Morgan fingerprint density at radius 2 is 0.763 bits per heavy atom. The largest absolute Gasteiger partial charge is 0.308 e. The van der Waals surface area contributed by atoms with E-state index in [1.54, 1.807) is 42.5 Å². The summed E-state index contributed by atoms with van der Waals surface area (Å²) in [5, 5.41) is 51.0. The second kappa shape index (κ2) is 14.8. The van der Waals surface area contributed by atoms with Crippen LogP contribution >= 0.6 is 0 Å². The first-order valence-corrected chi connectivity index (χ1v) is 18.4. The van der Waals surface area contributed by atoms with E-state index in [4.69, 9.17) is 15.0 Å². The predicted molar refractivity (Wildman–Crippen MR) is 225 cm³/mol. The topological polar surface area (TPSA) is 163 Å². The lowest BCUT2D eigenvalue weighted by Gasteiger charge is -2.15. The first kappa shape index (κ1) is 35.5. The zero-order chi connectivity index (χ0) is 40.5. The molecule has 0 saturated heterocycles. The highest BCUT2D eigenvalue weighted by molar-refractivity contribution is 6.12. The Morgan fingerprint density at radius 1 is 0.339 bits per heavy atom. The lowest BCUT2D eigenvalue weighted by atomic mass is 9.97. The van der Waals surface area contributed by atoms with Gasteiger partial charge in [-0.25, -0.2) is 15.0 Å². The van der Waals surface area contributed by atoms with Crippen molar-refractivity contribution in [3.63, 3.8) is 0 Å². The molecule has 0 aliphatic carbocycles. The zero-order valence-corrected chi connectivity index (χ0v) is 31.0. The summed E-state index contributed by atoms with van der Waals surface area (Å²) >= 11 is 0. The Labute approximate surface area is 338 Å². The summed E-state index contributed by atoms with van der Waals surface area (Å²) < 4.78 is 2.08.